The van der Waals surface area contributed by atoms with Crippen molar-refractivity contribution < 1.29 is 14.4 Å². The lowest BCUT2D eigenvalue weighted by molar-refractivity contribution is -0.136. The van der Waals surface area contributed by atoms with E-state index in [-0.39, 0.29) is 11.9 Å². The van der Waals surface area contributed by atoms with Crippen LogP contribution in [0.5, 0.6) is 0 Å². The number of carbonyl (C=O) groups excluding carboxylic acids is 3. The minimum Gasteiger partial charge on any atom is -0.353 e. The molecule has 1 unspecified atom stereocenters. The number of rotatable bonds is 6. The number of nitrogens with zero attached hydrogens (tertiary/aromatic N) is 4. The maximum Gasteiger partial charge on any atom is 0.313 e. The molecule has 4 rings (SSSR count). The van der Waals surface area contributed by atoms with E-state index >= 15 is 0 Å². The van der Waals surface area contributed by atoms with Crippen molar-refractivity contribution in [1.82, 2.24) is 19.7 Å². The quantitative estimate of drug-likeness (QED) is 0.630. The molecule has 1 aromatic heterocycles. The Kier molecular flexibility index (Phi) is 7.33. The molecule has 0 radical (unpaired) electrons. The van der Waals surface area contributed by atoms with Crippen LogP contribution in [0.25, 0.3) is 0 Å². The molecule has 9 heteroatoms. The van der Waals surface area contributed by atoms with Gasteiger partial charge in [-0.05, 0) is 50.2 Å². The van der Waals surface area contributed by atoms with Gasteiger partial charge in [0.15, 0.2) is 0 Å². The normalized spacial score (nSPS) is 18.2. The van der Waals surface area contributed by atoms with Crippen LogP contribution in [-0.2, 0) is 21.4 Å². The van der Waals surface area contributed by atoms with E-state index in [1.54, 1.807) is 17.0 Å². The fraction of sp³-hybridized carbons (Fsp3) is 0.480. The van der Waals surface area contributed by atoms with Gasteiger partial charge in [0.1, 0.15) is 0 Å². The number of amides is 3. The third-order valence-corrected chi connectivity index (χ3v) is 6.80. The Morgan fingerprint density at radius 3 is 2.44 bits per heavy atom. The monoisotopic (exact) mass is 466 g/mol. The molecule has 3 heterocycles. The highest BCUT2D eigenvalue weighted by Gasteiger charge is 2.27. The molecular weight excluding hydrogens is 432 g/mol. The lowest BCUT2D eigenvalue weighted by Crippen LogP contribution is -2.49. The molecule has 2 aliphatic heterocycles. The molecule has 34 heavy (non-hydrogen) atoms. The SMILES string of the molecule is Cc1ccc(NC(=O)C(=O)NCC(c2cccn2C)N2CCN(C)CC2)cc1N1CCCC1=O. The molecule has 2 aliphatic rings. The second kappa shape index (κ2) is 10.4. The van der Waals surface area contributed by atoms with Crippen molar-refractivity contribution in [2.45, 2.75) is 25.8 Å². The van der Waals surface area contributed by atoms with Gasteiger partial charge < -0.3 is 25.0 Å². The summed E-state index contributed by atoms with van der Waals surface area (Å²) in [5.41, 5.74) is 3.33. The van der Waals surface area contributed by atoms with Gasteiger partial charge in [0, 0.05) is 76.0 Å². The van der Waals surface area contributed by atoms with Crippen molar-refractivity contribution in [3.05, 3.63) is 47.8 Å². The lowest BCUT2D eigenvalue weighted by Gasteiger charge is -2.38. The van der Waals surface area contributed by atoms with Crippen LogP contribution in [0.2, 0.25) is 0 Å². The zero-order valence-corrected chi connectivity index (χ0v) is 20.2. The van der Waals surface area contributed by atoms with Crippen LogP contribution in [0.4, 0.5) is 11.4 Å². The molecule has 2 saturated heterocycles. The Balaban J connectivity index is 1.40. The maximum absolute atomic E-state index is 12.7. The molecule has 3 amide bonds. The van der Waals surface area contributed by atoms with Gasteiger partial charge in [-0.1, -0.05) is 6.07 Å². The third kappa shape index (κ3) is 5.31. The van der Waals surface area contributed by atoms with Gasteiger partial charge in [-0.3, -0.25) is 19.3 Å². The number of anilines is 2. The molecular formula is C25H34N6O3. The Bertz CT molecular complexity index is 1060. The van der Waals surface area contributed by atoms with Gasteiger partial charge in [0.05, 0.1) is 6.04 Å². The Hall–Kier alpha value is -3.17. The van der Waals surface area contributed by atoms with E-state index in [1.807, 2.05) is 32.3 Å². The van der Waals surface area contributed by atoms with E-state index in [4.69, 9.17) is 0 Å². The Morgan fingerprint density at radius 1 is 1.03 bits per heavy atom. The van der Waals surface area contributed by atoms with Gasteiger partial charge in [-0.2, -0.15) is 0 Å². The molecule has 1 atom stereocenters. The summed E-state index contributed by atoms with van der Waals surface area (Å²) >= 11 is 0. The van der Waals surface area contributed by atoms with Crippen LogP contribution in [-0.4, -0.2) is 78.4 Å². The fourth-order valence-electron chi connectivity index (χ4n) is 4.71. The number of benzene rings is 1. The fourth-order valence-corrected chi connectivity index (χ4v) is 4.71. The van der Waals surface area contributed by atoms with Crippen LogP contribution in [0.1, 0.15) is 30.1 Å². The molecule has 0 spiro atoms. The largest absolute Gasteiger partial charge is 0.353 e. The van der Waals surface area contributed by atoms with Crippen LogP contribution >= 0.6 is 0 Å². The van der Waals surface area contributed by atoms with Crippen molar-refractivity contribution in [1.29, 1.82) is 0 Å². The standard InChI is InChI=1S/C25H34N6O3/c1-18-8-9-19(16-21(18)31-11-5-7-23(31)32)27-25(34)24(33)26-17-22(20-6-4-10-29(20)3)30-14-12-28(2)13-15-30/h4,6,8-10,16,22H,5,7,11-15,17H2,1-3H3,(H,26,33)(H,27,34). The number of carbonyl (C=O) groups is 3. The number of likely N-dealkylation sites (N-methyl/N-ethyl adjacent to an activating group) is 1. The van der Waals surface area contributed by atoms with Gasteiger partial charge >= 0.3 is 11.8 Å². The Morgan fingerprint density at radius 2 is 1.79 bits per heavy atom. The first kappa shape index (κ1) is 24.0. The van der Waals surface area contributed by atoms with Gasteiger partial charge in [-0.25, -0.2) is 0 Å². The number of nitrogens with one attached hydrogen (secondary N) is 2. The zero-order valence-electron chi connectivity index (χ0n) is 20.2. The highest BCUT2D eigenvalue weighted by molar-refractivity contribution is 6.39. The summed E-state index contributed by atoms with van der Waals surface area (Å²) in [5.74, 6) is -1.31. The number of hydrogen-bond acceptors (Lipinski definition) is 5. The predicted molar refractivity (Wildman–Crippen MR) is 132 cm³/mol. The number of aryl methyl sites for hydroxylation is 2. The first-order chi connectivity index (χ1) is 16.3. The number of hydrogen-bond donors (Lipinski definition) is 2. The first-order valence-electron chi connectivity index (χ1n) is 11.9. The van der Waals surface area contributed by atoms with Crippen molar-refractivity contribution in [2.75, 3.05) is 56.5 Å². The smallest absolute Gasteiger partial charge is 0.313 e. The minimum atomic E-state index is -0.716. The molecule has 2 N–H and O–H groups in total. The van der Waals surface area contributed by atoms with E-state index in [1.165, 1.54) is 0 Å². The van der Waals surface area contributed by atoms with Crippen LogP contribution in [0.15, 0.2) is 36.5 Å². The maximum atomic E-state index is 12.7. The van der Waals surface area contributed by atoms with Crippen molar-refractivity contribution in [3.63, 3.8) is 0 Å². The molecule has 0 saturated carbocycles. The lowest BCUT2D eigenvalue weighted by atomic mass is 10.1. The third-order valence-electron chi connectivity index (χ3n) is 6.80. The van der Waals surface area contributed by atoms with E-state index in [0.717, 1.165) is 49.5 Å². The van der Waals surface area contributed by atoms with E-state index in [9.17, 15) is 14.4 Å². The molecule has 0 aliphatic carbocycles. The summed E-state index contributed by atoms with van der Waals surface area (Å²) in [5, 5.41) is 5.52. The number of piperazine rings is 1. The van der Waals surface area contributed by atoms with Crippen molar-refractivity contribution in [2.24, 2.45) is 7.05 Å². The van der Waals surface area contributed by atoms with E-state index in [0.29, 0.717) is 25.2 Å². The van der Waals surface area contributed by atoms with Crippen LogP contribution in [0, 0.1) is 6.92 Å². The number of aromatic nitrogens is 1. The summed E-state index contributed by atoms with van der Waals surface area (Å²) < 4.78 is 2.06. The second-order valence-electron chi connectivity index (χ2n) is 9.21. The molecule has 1 aromatic carbocycles. The summed E-state index contributed by atoms with van der Waals surface area (Å²) in [6, 6.07) is 9.41. The average Bonchev–Trinajstić information content (AvgIpc) is 3.44. The highest BCUT2D eigenvalue weighted by atomic mass is 16.2. The van der Waals surface area contributed by atoms with Gasteiger partial charge in [0.25, 0.3) is 0 Å². The van der Waals surface area contributed by atoms with Crippen molar-refractivity contribution >= 4 is 29.1 Å². The molecule has 0 bridgehead atoms. The average molecular weight is 467 g/mol. The summed E-state index contributed by atoms with van der Waals surface area (Å²) in [6.45, 7) is 6.67. The zero-order chi connectivity index (χ0) is 24.2. The highest BCUT2D eigenvalue weighted by Crippen LogP contribution is 2.28. The minimum absolute atomic E-state index is 0.0161. The molecule has 2 aromatic rings. The van der Waals surface area contributed by atoms with Crippen LogP contribution in [0.3, 0.4) is 0 Å². The molecule has 182 valence electrons. The van der Waals surface area contributed by atoms with Crippen LogP contribution < -0.4 is 15.5 Å². The first-order valence-corrected chi connectivity index (χ1v) is 11.9. The second-order valence-corrected chi connectivity index (χ2v) is 9.21. The summed E-state index contributed by atoms with van der Waals surface area (Å²) in [7, 11) is 4.10. The van der Waals surface area contributed by atoms with Gasteiger partial charge in [-0.15, -0.1) is 0 Å². The topological polar surface area (TPSA) is 89.9 Å². The summed E-state index contributed by atoms with van der Waals surface area (Å²) in [4.78, 5) is 43.9. The van der Waals surface area contributed by atoms with Crippen molar-refractivity contribution in [3.8, 4) is 0 Å². The Labute approximate surface area is 200 Å². The molecule has 2 fully saturated rings. The van der Waals surface area contributed by atoms with E-state index in [2.05, 4.69) is 38.1 Å². The summed E-state index contributed by atoms with van der Waals surface area (Å²) in [6.07, 6.45) is 3.36. The molecule has 9 nitrogen and oxygen atoms in total. The van der Waals surface area contributed by atoms with E-state index < -0.39 is 11.8 Å². The van der Waals surface area contributed by atoms with Gasteiger partial charge in [0.2, 0.25) is 5.91 Å². The predicted octanol–water partition coefficient (Wildman–Crippen LogP) is 1.50.